The summed E-state index contributed by atoms with van der Waals surface area (Å²) < 4.78 is 27.0. The molecular formula is C28H25N9O5. The van der Waals surface area contributed by atoms with Crippen molar-refractivity contribution in [2.24, 2.45) is 0 Å². The maximum atomic E-state index is 12.8. The zero-order valence-corrected chi connectivity index (χ0v) is 22.1. The van der Waals surface area contributed by atoms with Gasteiger partial charge in [0.2, 0.25) is 0 Å². The van der Waals surface area contributed by atoms with Crippen LogP contribution in [-0.2, 0) is 9.47 Å². The van der Waals surface area contributed by atoms with Gasteiger partial charge in [-0.1, -0.05) is 23.3 Å². The summed E-state index contributed by atoms with van der Waals surface area (Å²) in [6, 6.07) is 23.0. The van der Waals surface area contributed by atoms with Crippen LogP contribution in [0.3, 0.4) is 0 Å². The van der Waals surface area contributed by atoms with Gasteiger partial charge in [0.1, 0.15) is 48.2 Å². The molecule has 0 saturated carbocycles. The van der Waals surface area contributed by atoms with Crippen LogP contribution in [0.15, 0.2) is 91.5 Å². The van der Waals surface area contributed by atoms with Crippen molar-refractivity contribution in [1.29, 1.82) is 0 Å². The fourth-order valence-electron chi connectivity index (χ4n) is 4.95. The maximum absolute atomic E-state index is 12.8. The third-order valence-corrected chi connectivity index (χ3v) is 6.94. The molecule has 0 bridgehead atoms. The van der Waals surface area contributed by atoms with Gasteiger partial charge in [-0.15, -0.1) is 0 Å². The summed E-state index contributed by atoms with van der Waals surface area (Å²) in [6.45, 7) is 0.579. The molecule has 42 heavy (non-hydrogen) atoms. The first-order valence-corrected chi connectivity index (χ1v) is 13.2. The molecule has 4 unspecified atom stereocenters. The van der Waals surface area contributed by atoms with Crippen molar-refractivity contribution < 1.29 is 23.7 Å². The smallest absolute Gasteiger partial charge is 0.341 e. The lowest BCUT2D eigenvalue weighted by Crippen LogP contribution is -2.45. The molecule has 14 nitrogen and oxygen atoms in total. The minimum Gasteiger partial charge on any atom is -0.457 e. The Morgan fingerprint density at radius 2 is 1.60 bits per heavy atom. The Balaban J connectivity index is 0.946. The number of aromatic nitrogens is 7. The highest BCUT2D eigenvalue weighted by molar-refractivity contribution is 5.89. The number of nitrogens with zero attached hydrogens (tertiary/aromatic N) is 7. The first-order valence-electron chi connectivity index (χ1n) is 13.2. The standard InChI is InChI=1S/C28H25N9O5/c38-27(31-18-6-10-21(11-7-18)41-20-4-2-1-3-5-20)32-23-14-39-26-24(15-40-25(23)26)37-28(33-34-35-37)42-22-12-8-19(9-13-22)36-17-29-16-30-36/h1-13,16-17,23-26H,14-15H2,(H2,31,32,38). The van der Waals surface area contributed by atoms with Crippen molar-refractivity contribution in [1.82, 2.24) is 40.3 Å². The summed E-state index contributed by atoms with van der Waals surface area (Å²) in [6.07, 6.45) is 2.33. The number of anilines is 1. The minimum absolute atomic E-state index is 0.204. The van der Waals surface area contributed by atoms with Gasteiger partial charge in [-0.25, -0.2) is 14.5 Å². The van der Waals surface area contributed by atoms with Crippen molar-refractivity contribution in [2.75, 3.05) is 18.5 Å². The third-order valence-electron chi connectivity index (χ3n) is 6.94. The van der Waals surface area contributed by atoms with Crippen LogP contribution in [0.25, 0.3) is 5.69 Å². The van der Waals surface area contributed by atoms with Gasteiger partial charge < -0.3 is 29.6 Å². The van der Waals surface area contributed by atoms with Crippen molar-refractivity contribution in [2.45, 2.75) is 24.3 Å². The van der Waals surface area contributed by atoms with E-state index < -0.39 is 0 Å². The summed E-state index contributed by atoms with van der Waals surface area (Å²) >= 11 is 0. The van der Waals surface area contributed by atoms with Gasteiger partial charge >= 0.3 is 12.0 Å². The lowest BCUT2D eigenvalue weighted by atomic mass is 10.1. The molecular weight excluding hydrogens is 542 g/mol. The van der Waals surface area contributed by atoms with Crippen LogP contribution in [0.2, 0.25) is 0 Å². The monoisotopic (exact) mass is 567 g/mol. The van der Waals surface area contributed by atoms with Crippen molar-refractivity contribution in [3.8, 4) is 28.9 Å². The first-order chi connectivity index (χ1) is 20.7. The molecule has 0 radical (unpaired) electrons. The number of urea groups is 1. The molecule has 2 fully saturated rings. The van der Waals surface area contributed by atoms with Crippen LogP contribution in [0.4, 0.5) is 10.5 Å². The second-order valence-corrected chi connectivity index (χ2v) is 9.65. The molecule has 5 aromatic rings. The molecule has 2 amide bonds. The molecule has 2 aliphatic heterocycles. The van der Waals surface area contributed by atoms with Crippen LogP contribution in [0.5, 0.6) is 23.3 Å². The zero-order chi connectivity index (χ0) is 28.3. The summed E-state index contributed by atoms with van der Waals surface area (Å²) in [7, 11) is 0. The Morgan fingerprint density at radius 1 is 0.857 bits per heavy atom. The highest BCUT2D eigenvalue weighted by Crippen LogP contribution is 2.36. The number of fused-ring (bicyclic) bond motifs is 1. The van der Waals surface area contributed by atoms with E-state index in [1.54, 1.807) is 52.1 Å². The summed E-state index contributed by atoms with van der Waals surface area (Å²) in [4.78, 5) is 16.7. The van der Waals surface area contributed by atoms with Crippen molar-refractivity contribution in [3.63, 3.8) is 0 Å². The van der Waals surface area contributed by atoms with Gasteiger partial charge in [0, 0.05) is 5.69 Å². The molecule has 2 saturated heterocycles. The highest BCUT2D eigenvalue weighted by atomic mass is 16.6. The lowest BCUT2D eigenvalue weighted by Gasteiger charge is -2.18. The zero-order valence-electron chi connectivity index (χ0n) is 22.1. The Bertz CT molecular complexity index is 1630. The maximum Gasteiger partial charge on any atom is 0.341 e. The average Bonchev–Trinajstić information content (AvgIpc) is 3.83. The van der Waals surface area contributed by atoms with Crippen LogP contribution in [-0.4, -0.2) is 72.5 Å². The summed E-state index contributed by atoms with van der Waals surface area (Å²) in [5.41, 5.74) is 1.46. The second-order valence-electron chi connectivity index (χ2n) is 9.65. The van der Waals surface area contributed by atoms with Crippen molar-refractivity contribution in [3.05, 3.63) is 91.5 Å². The number of ether oxygens (including phenoxy) is 4. The number of tetrazole rings is 1. The fraction of sp³-hybridized carbons (Fsp3) is 0.214. The number of nitrogens with one attached hydrogen (secondary N) is 2. The molecule has 2 aromatic heterocycles. The SMILES string of the molecule is O=C(Nc1ccc(Oc2ccccc2)cc1)NC1COC2C1OCC2n1nnnc1Oc1ccc(-n2cncn2)cc1. The molecule has 2 N–H and O–H groups in total. The van der Waals surface area contributed by atoms with Crippen LogP contribution in [0, 0.1) is 0 Å². The Kier molecular flexibility index (Phi) is 6.87. The van der Waals surface area contributed by atoms with Gasteiger partial charge in [-0.05, 0) is 71.1 Å². The normalized spacial score (nSPS) is 21.0. The quantitative estimate of drug-likeness (QED) is 0.285. The first kappa shape index (κ1) is 25.6. The molecule has 0 aliphatic carbocycles. The van der Waals surface area contributed by atoms with E-state index in [0.717, 1.165) is 11.4 Å². The lowest BCUT2D eigenvalue weighted by molar-refractivity contribution is 0.0613. The predicted molar refractivity (Wildman–Crippen MR) is 147 cm³/mol. The molecule has 3 aromatic carbocycles. The Morgan fingerprint density at radius 3 is 2.38 bits per heavy atom. The van der Waals surface area contributed by atoms with Crippen LogP contribution < -0.4 is 20.1 Å². The molecule has 212 valence electrons. The fourth-order valence-corrected chi connectivity index (χ4v) is 4.95. The molecule has 4 heterocycles. The molecule has 7 rings (SSSR count). The average molecular weight is 568 g/mol. The van der Waals surface area contributed by atoms with Crippen molar-refractivity contribution >= 4 is 11.7 Å². The minimum atomic E-state index is -0.374. The number of amides is 2. The van der Waals surface area contributed by atoms with Gasteiger partial charge in [0.15, 0.2) is 0 Å². The van der Waals surface area contributed by atoms with Gasteiger partial charge in [0.05, 0.1) is 24.9 Å². The Hall–Kier alpha value is -5.34. The number of rotatable bonds is 8. The number of hydrogen-bond acceptors (Lipinski definition) is 10. The molecule has 14 heteroatoms. The largest absolute Gasteiger partial charge is 0.457 e. The number of carbonyl (C=O) groups is 1. The number of carbonyl (C=O) groups excluding carboxylic acids is 1. The van der Waals surface area contributed by atoms with Gasteiger partial charge in [-0.2, -0.15) is 9.78 Å². The van der Waals surface area contributed by atoms with E-state index in [2.05, 4.69) is 36.2 Å². The van der Waals surface area contributed by atoms with E-state index in [-0.39, 0.29) is 42.9 Å². The number of hydrogen-bond donors (Lipinski definition) is 2. The van der Waals surface area contributed by atoms with E-state index in [1.165, 1.54) is 6.33 Å². The summed E-state index contributed by atoms with van der Waals surface area (Å²) in [5, 5.41) is 21.9. The highest BCUT2D eigenvalue weighted by Gasteiger charge is 2.50. The van der Waals surface area contributed by atoms with Gasteiger partial charge in [0.25, 0.3) is 0 Å². The van der Waals surface area contributed by atoms with Crippen LogP contribution >= 0.6 is 0 Å². The second kappa shape index (κ2) is 11.3. The third kappa shape index (κ3) is 5.35. The molecule has 2 aliphatic rings. The Labute approximate surface area is 239 Å². The van der Waals surface area contributed by atoms with E-state index in [0.29, 0.717) is 23.8 Å². The van der Waals surface area contributed by atoms with Gasteiger partial charge in [-0.3, -0.25) is 0 Å². The number of para-hydroxylation sites is 1. The topological polar surface area (TPSA) is 152 Å². The van der Waals surface area contributed by atoms with E-state index in [9.17, 15) is 4.79 Å². The molecule has 4 atom stereocenters. The molecule has 0 spiro atoms. The van der Waals surface area contributed by atoms with E-state index in [4.69, 9.17) is 18.9 Å². The summed E-state index contributed by atoms with van der Waals surface area (Å²) in [5.74, 6) is 1.95. The van der Waals surface area contributed by atoms with Crippen LogP contribution in [0.1, 0.15) is 6.04 Å². The van der Waals surface area contributed by atoms with E-state index in [1.807, 2.05) is 42.5 Å². The number of benzene rings is 3. The van der Waals surface area contributed by atoms with E-state index >= 15 is 0 Å². The predicted octanol–water partition coefficient (Wildman–Crippen LogP) is 3.37.